The summed E-state index contributed by atoms with van der Waals surface area (Å²) >= 11 is 0. The van der Waals surface area contributed by atoms with Crippen molar-refractivity contribution in [2.24, 2.45) is 11.3 Å². The maximum atomic E-state index is 3.67. The fourth-order valence-corrected chi connectivity index (χ4v) is 2.92. The fourth-order valence-electron chi connectivity index (χ4n) is 2.92. The summed E-state index contributed by atoms with van der Waals surface area (Å²) < 4.78 is 0. The second kappa shape index (κ2) is 4.66. The van der Waals surface area contributed by atoms with Gasteiger partial charge in [-0.25, -0.2) is 0 Å². The number of nitrogens with one attached hydrogen (secondary N) is 1. The van der Waals surface area contributed by atoms with E-state index in [1.165, 1.54) is 38.9 Å². The summed E-state index contributed by atoms with van der Waals surface area (Å²) in [6.07, 6.45) is 4.17. The van der Waals surface area contributed by atoms with Crippen LogP contribution in [0.3, 0.4) is 0 Å². The van der Waals surface area contributed by atoms with E-state index in [0.717, 1.165) is 18.0 Å². The van der Waals surface area contributed by atoms with E-state index in [1.807, 2.05) is 0 Å². The first-order valence-corrected chi connectivity index (χ1v) is 6.94. The Bertz CT molecular complexity index is 233. The summed E-state index contributed by atoms with van der Waals surface area (Å²) in [4.78, 5) is 2.68. The molecule has 0 aromatic heterocycles. The number of hydrogen-bond donors (Lipinski definition) is 1. The summed E-state index contributed by atoms with van der Waals surface area (Å²) in [5.74, 6) is 0.891. The van der Waals surface area contributed by atoms with Crippen LogP contribution >= 0.6 is 0 Å². The third-order valence-corrected chi connectivity index (χ3v) is 3.99. The second-order valence-electron chi connectivity index (χ2n) is 6.94. The standard InChI is InChI=1S/C14H28N2/c1-11-7-12(2)16(8-11)10-14(3,4)9-15-13-5-6-13/h11-13,15H,5-10H2,1-4H3. The van der Waals surface area contributed by atoms with Gasteiger partial charge in [0.1, 0.15) is 0 Å². The monoisotopic (exact) mass is 224 g/mol. The van der Waals surface area contributed by atoms with Crippen molar-refractivity contribution in [3.63, 3.8) is 0 Å². The lowest BCUT2D eigenvalue weighted by atomic mass is 9.92. The van der Waals surface area contributed by atoms with Crippen molar-refractivity contribution in [3.8, 4) is 0 Å². The highest BCUT2D eigenvalue weighted by Crippen LogP contribution is 2.28. The summed E-state index contributed by atoms with van der Waals surface area (Å²) in [6.45, 7) is 13.3. The molecule has 0 aromatic rings. The molecule has 2 aliphatic rings. The van der Waals surface area contributed by atoms with Crippen LogP contribution in [0.25, 0.3) is 0 Å². The van der Waals surface area contributed by atoms with Gasteiger partial charge in [0, 0.05) is 31.7 Å². The minimum absolute atomic E-state index is 0.418. The van der Waals surface area contributed by atoms with Crippen molar-refractivity contribution < 1.29 is 0 Å². The molecule has 1 aliphatic heterocycles. The van der Waals surface area contributed by atoms with E-state index in [1.54, 1.807) is 0 Å². The molecule has 1 N–H and O–H groups in total. The highest BCUT2D eigenvalue weighted by Gasteiger charge is 2.32. The molecule has 1 heterocycles. The molecule has 0 bridgehead atoms. The highest BCUT2D eigenvalue weighted by atomic mass is 15.2. The minimum atomic E-state index is 0.418. The molecule has 2 heteroatoms. The molecule has 94 valence electrons. The van der Waals surface area contributed by atoms with Gasteiger partial charge in [-0.2, -0.15) is 0 Å². The smallest absolute Gasteiger partial charge is 0.00702 e. The molecule has 0 aromatic carbocycles. The second-order valence-corrected chi connectivity index (χ2v) is 6.94. The summed E-state index contributed by atoms with van der Waals surface area (Å²) in [5, 5.41) is 3.67. The Morgan fingerprint density at radius 1 is 1.25 bits per heavy atom. The Hall–Kier alpha value is -0.0800. The maximum absolute atomic E-state index is 3.67. The average Bonchev–Trinajstić information content (AvgIpc) is 2.92. The number of nitrogens with zero attached hydrogens (tertiary/aromatic N) is 1. The van der Waals surface area contributed by atoms with Crippen molar-refractivity contribution in [1.82, 2.24) is 10.2 Å². The lowest BCUT2D eigenvalue weighted by molar-refractivity contribution is 0.167. The van der Waals surface area contributed by atoms with E-state index in [4.69, 9.17) is 0 Å². The normalized spacial score (nSPS) is 32.2. The Balaban J connectivity index is 1.77. The van der Waals surface area contributed by atoms with Crippen molar-refractivity contribution in [2.45, 2.75) is 59.0 Å². The summed E-state index contributed by atoms with van der Waals surface area (Å²) in [6, 6.07) is 1.63. The first-order valence-electron chi connectivity index (χ1n) is 6.94. The quantitative estimate of drug-likeness (QED) is 0.772. The molecular formula is C14H28N2. The number of hydrogen-bond acceptors (Lipinski definition) is 2. The molecule has 2 rings (SSSR count). The van der Waals surface area contributed by atoms with Crippen molar-refractivity contribution >= 4 is 0 Å². The third-order valence-electron chi connectivity index (χ3n) is 3.99. The van der Waals surface area contributed by atoms with Crippen LogP contribution in [0.4, 0.5) is 0 Å². The number of rotatable bonds is 5. The first kappa shape index (κ1) is 12.4. The molecule has 1 saturated heterocycles. The van der Waals surface area contributed by atoms with Crippen LogP contribution in [0.5, 0.6) is 0 Å². The number of likely N-dealkylation sites (tertiary alicyclic amines) is 1. The van der Waals surface area contributed by atoms with Crippen molar-refractivity contribution in [1.29, 1.82) is 0 Å². The van der Waals surface area contributed by atoms with Crippen LogP contribution in [-0.4, -0.2) is 36.6 Å². The predicted octanol–water partition coefficient (Wildman–Crippen LogP) is 2.49. The molecule has 1 aliphatic carbocycles. The van der Waals surface area contributed by atoms with Gasteiger partial charge >= 0.3 is 0 Å². The average molecular weight is 224 g/mol. The molecule has 0 spiro atoms. The van der Waals surface area contributed by atoms with Crippen molar-refractivity contribution in [2.75, 3.05) is 19.6 Å². The molecule has 0 radical (unpaired) electrons. The van der Waals surface area contributed by atoms with Crippen LogP contribution in [0.1, 0.15) is 47.0 Å². The lowest BCUT2D eigenvalue weighted by Gasteiger charge is -2.33. The Morgan fingerprint density at radius 3 is 2.44 bits per heavy atom. The minimum Gasteiger partial charge on any atom is -0.313 e. The SMILES string of the molecule is CC1CC(C)N(CC(C)(C)CNC2CC2)C1. The molecule has 2 atom stereocenters. The van der Waals surface area contributed by atoms with Gasteiger partial charge in [-0.3, -0.25) is 4.90 Å². The largest absolute Gasteiger partial charge is 0.313 e. The van der Waals surface area contributed by atoms with E-state index in [2.05, 4.69) is 37.9 Å². The van der Waals surface area contributed by atoms with Gasteiger partial charge in [0.25, 0.3) is 0 Å². The Labute approximate surface area is 101 Å². The van der Waals surface area contributed by atoms with Gasteiger partial charge in [0.2, 0.25) is 0 Å². The zero-order valence-electron chi connectivity index (χ0n) is 11.4. The van der Waals surface area contributed by atoms with E-state index < -0.39 is 0 Å². The van der Waals surface area contributed by atoms with E-state index in [9.17, 15) is 0 Å². The third kappa shape index (κ3) is 3.46. The molecule has 2 unspecified atom stereocenters. The summed E-state index contributed by atoms with van der Waals surface area (Å²) in [7, 11) is 0. The van der Waals surface area contributed by atoms with Gasteiger partial charge in [0.05, 0.1) is 0 Å². The highest BCUT2D eigenvalue weighted by molar-refractivity contribution is 4.88. The predicted molar refractivity (Wildman–Crippen MR) is 69.6 cm³/mol. The van der Waals surface area contributed by atoms with Gasteiger partial charge in [-0.15, -0.1) is 0 Å². The molecule has 2 fully saturated rings. The van der Waals surface area contributed by atoms with Gasteiger partial charge in [-0.1, -0.05) is 20.8 Å². The van der Waals surface area contributed by atoms with Gasteiger partial charge < -0.3 is 5.32 Å². The van der Waals surface area contributed by atoms with Crippen LogP contribution < -0.4 is 5.32 Å². The van der Waals surface area contributed by atoms with Crippen LogP contribution in [0.2, 0.25) is 0 Å². The molecule has 16 heavy (non-hydrogen) atoms. The zero-order chi connectivity index (χ0) is 11.8. The fraction of sp³-hybridized carbons (Fsp3) is 1.00. The van der Waals surface area contributed by atoms with Crippen LogP contribution in [0.15, 0.2) is 0 Å². The summed E-state index contributed by atoms with van der Waals surface area (Å²) in [5.41, 5.74) is 0.418. The lowest BCUT2D eigenvalue weighted by Crippen LogP contribution is -2.42. The molecule has 2 nitrogen and oxygen atoms in total. The first-order chi connectivity index (χ1) is 7.46. The Kier molecular flexibility index (Phi) is 3.60. The topological polar surface area (TPSA) is 15.3 Å². The zero-order valence-corrected chi connectivity index (χ0v) is 11.4. The van der Waals surface area contributed by atoms with E-state index >= 15 is 0 Å². The maximum Gasteiger partial charge on any atom is 0.00702 e. The molecule has 1 saturated carbocycles. The van der Waals surface area contributed by atoms with Gasteiger partial charge in [-0.05, 0) is 37.5 Å². The van der Waals surface area contributed by atoms with E-state index in [0.29, 0.717) is 5.41 Å². The Morgan fingerprint density at radius 2 is 1.94 bits per heavy atom. The molecule has 0 amide bonds. The van der Waals surface area contributed by atoms with Gasteiger partial charge in [0.15, 0.2) is 0 Å². The molecular weight excluding hydrogens is 196 g/mol. The van der Waals surface area contributed by atoms with E-state index in [-0.39, 0.29) is 0 Å². The van der Waals surface area contributed by atoms with Crippen molar-refractivity contribution in [3.05, 3.63) is 0 Å². The van der Waals surface area contributed by atoms with Crippen LogP contribution in [-0.2, 0) is 0 Å². The van der Waals surface area contributed by atoms with Crippen LogP contribution in [0, 0.1) is 11.3 Å².